The van der Waals surface area contributed by atoms with Crippen LogP contribution >= 0.6 is 0 Å². The SMILES string of the molecule is Cc1cccc(C)c1OCCNC(=O)NCCCc1ccccc1. The molecule has 0 aliphatic heterocycles. The highest BCUT2D eigenvalue weighted by molar-refractivity contribution is 5.73. The molecule has 128 valence electrons. The van der Waals surface area contributed by atoms with Gasteiger partial charge in [0.05, 0.1) is 6.54 Å². The summed E-state index contributed by atoms with van der Waals surface area (Å²) in [5.41, 5.74) is 3.52. The number of carbonyl (C=O) groups excluding carboxylic acids is 1. The van der Waals surface area contributed by atoms with Gasteiger partial charge in [0.1, 0.15) is 12.4 Å². The monoisotopic (exact) mass is 326 g/mol. The van der Waals surface area contributed by atoms with E-state index in [-0.39, 0.29) is 6.03 Å². The molecule has 2 N–H and O–H groups in total. The lowest BCUT2D eigenvalue weighted by Crippen LogP contribution is -2.38. The van der Waals surface area contributed by atoms with Crippen LogP contribution < -0.4 is 15.4 Å². The average molecular weight is 326 g/mol. The van der Waals surface area contributed by atoms with E-state index in [9.17, 15) is 4.79 Å². The Labute approximate surface area is 144 Å². The standard InChI is InChI=1S/C20H26N2O2/c1-16-8-6-9-17(2)19(16)24-15-14-22-20(23)21-13-7-12-18-10-4-3-5-11-18/h3-6,8-11H,7,12-15H2,1-2H3,(H2,21,22,23). The van der Waals surface area contributed by atoms with Crippen LogP contribution in [0.2, 0.25) is 0 Å². The third-order valence-electron chi connectivity index (χ3n) is 3.81. The third-order valence-corrected chi connectivity index (χ3v) is 3.81. The minimum atomic E-state index is -0.145. The highest BCUT2D eigenvalue weighted by Gasteiger charge is 2.03. The van der Waals surface area contributed by atoms with E-state index >= 15 is 0 Å². The number of para-hydroxylation sites is 1. The highest BCUT2D eigenvalue weighted by Crippen LogP contribution is 2.21. The number of aryl methyl sites for hydroxylation is 3. The van der Waals surface area contributed by atoms with Gasteiger partial charge in [-0.15, -0.1) is 0 Å². The molecular formula is C20H26N2O2. The Balaban J connectivity index is 1.57. The van der Waals surface area contributed by atoms with Gasteiger partial charge in [0.25, 0.3) is 0 Å². The second-order valence-electron chi connectivity index (χ2n) is 5.84. The summed E-state index contributed by atoms with van der Waals surface area (Å²) in [7, 11) is 0. The van der Waals surface area contributed by atoms with E-state index < -0.39 is 0 Å². The first-order valence-electron chi connectivity index (χ1n) is 8.41. The maximum Gasteiger partial charge on any atom is 0.314 e. The van der Waals surface area contributed by atoms with Crippen LogP contribution in [-0.2, 0) is 6.42 Å². The van der Waals surface area contributed by atoms with Gasteiger partial charge < -0.3 is 15.4 Å². The van der Waals surface area contributed by atoms with Crippen molar-refractivity contribution < 1.29 is 9.53 Å². The summed E-state index contributed by atoms with van der Waals surface area (Å²) in [5, 5.41) is 5.68. The Morgan fingerprint density at radius 2 is 1.58 bits per heavy atom. The lowest BCUT2D eigenvalue weighted by Gasteiger charge is -2.12. The minimum Gasteiger partial charge on any atom is -0.491 e. The van der Waals surface area contributed by atoms with Gasteiger partial charge in [0.15, 0.2) is 0 Å². The summed E-state index contributed by atoms with van der Waals surface area (Å²) in [5.74, 6) is 0.905. The lowest BCUT2D eigenvalue weighted by atomic mass is 10.1. The second kappa shape index (κ2) is 9.60. The van der Waals surface area contributed by atoms with Gasteiger partial charge in [-0.2, -0.15) is 0 Å². The van der Waals surface area contributed by atoms with Gasteiger partial charge >= 0.3 is 6.03 Å². The number of rotatable bonds is 8. The fourth-order valence-corrected chi connectivity index (χ4v) is 2.55. The maximum absolute atomic E-state index is 11.7. The number of amides is 2. The second-order valence-corrected chi connectivity index (χ2v) is 5.84. The number of nitrogens with one attached hydrogen (secondary N) is 2. The normalized spacial score (nSPS) is 10.2. The molecule has 0 aliphatic rings. The Kier molecular flexibility index (Phi) is 7.15. The van der Waals surface area contributed by atoms with E-state index in [2.05, 4.69) is 22.8 Å². The Morgan fingerprint density at radius 1 is 0.917 bits per heavy atom. The van der Waals surface area contributed by atoms with E-state index in [1.807, 2.05) is 50.2 Å². The van der Waals surface area contributed by atoms with Gasteiger partial charge in [0, 0.05) is 6.54 Å². The molecule has 0 spiro atoms. The molecule has 0 heterocycles. The summed E-state index contributed by atoms with van der Waals surface area (Å²) in [6.07, 6.45) is 1.90. The number of ether oxygens (including phenoxy) is 1. The summed E-state index contributed by atoms with van der Waals surface area (Å²) < 4.78 is 5.76. The van der Waals surface area contributed by atoms with Crippen LogP contribution in [0, 0.1) is 13.8 Å². The predicted octanol–water partition coefficient (Wildman–Crippen LogP) is 3.61. The number of hydrogen-bond donors (Lipinski definition) is 2. The fraction of sp³-hybridized carbons (Fsp3) is 0.350. The Bertz CT molecular complexity index is 621. The molecule has 0 unspecified atom stereocenters. The van der Waals surface area contributed by atoms with Crippen molar-refractivity contribution in [1.82, 2.24) is 10.6 Å². The van der Waals surface area contributed by atoms with Gasteiger partial charge in [-0.1, -0.05) is 48.5 Å². The van der Waals surface area contributed by atoms with Crippen molar-refractivity contribution in [2.24, 2.45) is 0 Å². The third kappa shape index (κ3) is 5.95. The molecule has 0 fully saturated rings. The Hall–Kier alpha value is -2.49. The van der Waals surface area contributed by atoms with Gasteiger partial charge in [-0.3, -0.25) is 0 Å². The van der Waals surface area contributed by atoms with E-state index in [1.165, 1.54) is 5.56 Å². The molecule has 2 rings (SSSR count). The van der Waals surface area contributed by atoms with E-state index in [0.717, 1.165) is 29.7 Å². The van der Waals surface area contributed by atoms with E-state index in [0.29, 0.717) is 19.7 Å². The van der Waals surface area contributed by atoms with Crippen molar-refractivity contribution in [1.29, 1.82) is 0 Å². The van der Waals surface area contributed by atoms with Crippen molar-refractivity contribution in [2.75, 3.05) is 19.7 Å². The number of benzene rings is 2. The maximum atomic E-state index is 11.7. The van der Waals surface area contributed by atoms with Crippen molar-refractivity contribution in [2.45, 2.75) is 26.7 Å². The lowest BCUT2D eigenvalue weighted by molar-refractivity contribution is 0.236. The minimum absolute atomic E-state index is 0.145. The van der Waals surface area contributed by atoms with E-state index in [1.54, 1.807) is 0 Å². The van der Waals surface area contributed by atoms with Gasteiger partial charge in [-0.25, -0.2) is 4.79 Å². The Morgan fingerprint density at radius 3 is 2.29 bits per heavy atom. The quantitative estimate of drug-likeness (QED) is 0.728. The average Bonchev–Trinajstić information content (AvgIpc) is 2.58. The van der Waals surface area contributed by atoms with Gasteiger partial charge in [0.2, 0.25) is 0 Å². The topological polar surface area (TPSA) is 50.4 Å². The molecule has 0 aromatic heterocycles. The van der Waals surface area contributed by atoms with Crippen LogP contribution in [0.1, 0.15) is 23.1 Å². The zero-order chi connectivity index (χ0) is 17.2. The molecule has 0 saturated carbocycles. The molecule has 4 nitrogen and oxygen atoms in total. The molecule has 4 heteroatoms. The molecule has 0 bridgehead atoms. The molecule has 0 radical (unpaired) electrons. The summed E-state index contributed by atoms with van der Waals surface area (Å²) in [4.78, 5) is 11.7. The molecule has 2 aromatic carbocycles. The van der Waals surface area contributed by atoms with Crippen molar-refractivity contribution >= 4 is 6.03 Å². The number of urea groups is 1. The van der Waals surface area contributed by atoms with Crippen molar-refractivity contribution in [3.8, 4) is 5.75 Å². The van der Waals surface area contributed by atoms with Crippen LogP contribution in [0.4, 0.5) is 4.79 Å². The molecular weight excluding hydrogens is 300 g/mol. The zero-order valence-corrected chi connectivity index (χ0v) is 14.5. The molecule has 2 aromatic rings. The zero-order valence-electron chi connectivity index (χ0n) is 14.5. The molecule has 24 heavy (non-hydrogen) atoms. The first-order chi connectivity index (χ1) is 11.7. The van der Waals surface area contributed by atoms with E-state index in [4.69, 9.17) is 4.74 Å². The molecule has 0 aliphatic carbocycles. The fourth-order valence-electron chi connectivity index (χ4n) is 2.55. The smallest absolute Gasteiger partial charge is 0.314 e. The molecule has 2 amide bonds. The molecule has 0 saturated heterocycles. The van der Waals surface area contributed by atoms with Crippen molar-refractivity contribution in [3.63, 3.8) is 0 Å². The number of carbonyl (C=O) groups is 1. The van der Waals surface area contributed by atoms with Crippen LogP contribution in [0.5, 0.6) is 5.75 Å². The largest absolute Gasteiger partial charge is 0.491 e. The summed E-state index contributed by atoms with van der Waals surface area (Å²) in [6, 6.07) is 16.2. The first kappa shape index (κ1) is 17.9. The first-order valence-corrected chi connectivity index (χ1v) is 8.41. The molecule has 0 atom stereocenters. The number of hydrogen-bond acceptors (Lipinski definition) is 2. The van der Waals surface area contributed by atoms with Crippen LogP contribution in [-0.4, -0.2) is 25.7 Å². The van der Waals surface area contributed by atoms with Crippen LogP contribution in [0.15, 0.2) is 48.5 Å². The van der Waals surface area contributed by atoms with Gasteiger partial charge in [-0.05, 0) is 43.4 Å². The predicted molar refractivity (Wildman–Crippen MR) is 97.6 cm³/mol. The summed E-state index contributed by atoms with van der Waals surface area (Å²) in [6.45, 7) is 5.66. The highest BCUT2D eigenvalue weighted by atomic mass is 16.5. The summed E-state index contributed by atoms with van der Waals surface area (Å²) >= 11 is 0. The van der Waals surface area contributed by atoms with Crippen molar-refractivity contribution in [3.05, 3.63) is 65.2 Å². The van der Waals surface area contributed by atoms with Crippen LogP contribution in [0.25, 0.3) is 0 Å². The van der Waals surface area contributed by atoms with Crippen LogP contribution in [0.3, 0.4) is 0 Å².